The molecule has 0 fully saturated rings. The van der Waals surface area contributed by atoms with Crippen LogP contribution in [0.2, 0.25) is 0 Å². The van der Waals surface area contributed by atoms with Crippen molar-refractivity contribution in [2.24, 2.45) is 0 Å². The van der Waals surface area contributed by atoms with Crippen molar-refractivity contribution in [1.82, 2.24) is 4.98 Å². The van der Waals surface area contributed by atoms with Crippen molar-refractivity contribution in [2.75, 3.05) is 0 Å². The lowest BCUT2D eigenvalue weighted by molar-refractivity contribution is 0.103. The molecule has 2 aromatic carbocycles. The van der Waals surface area contributed by atoms with Gasteiger partial charge in [-0.05, 0) is 30.9 Å². The van der Waals surface area contributed by atoms with Crippen molar-refractivity contribution in [3.8, 4) is 0 Å². The third kappa shape index (κ3) is 2.10. The Hall–Kier alpha value is -2.48. The van der Waals surface area contributed by atoms with E-state index in [1.165, 1.54) is 0 Å². The van der Waals surface area contributed by atoms with Crippen LogP contribution in [0.4, 0.5) is 0 Å². The van der Waals surface area contributed by atoms with E-state index in [2.05, 4.69) is 4.98 Å². The molecule has 0 aliphatic carbocycles. The molecule has 0 saturated heterocycles. The molecule has 0 unspecified atom stereocenters. The maximum atomic E-state index is 12.8. The standard InChI is InChI=1S/C18H15NO/c1-12-7-8-13(2)16(9-12)18(20)17-11-19-10-14-5-3-4-6-15(14)17/h3-11H,1-2H3. The molecule has 20 heavy (non-hydrogen) atoms. The van der Waals surface area contributed by atoms with Crippen molar-refractivity contribution >= 4 is 16.6 Å². The quantitative estimate of drug-likeness (QED) is 0.650. The van der Waals surface area contributed by atoms with Crippen molar-refractivity contribution in [3.05, 3.63) is 77.1 Å². The summed E-state index contributed by atoms with van der Waals surface area (Å²) in [5.74, 6) is 0.0375. The maximum Gasteiger partial charge on any atom is 0.195 e. The molecule has 0 aliphatic rings. The minimum absolute atomic E-state index is 0.0375. The molecule has 1 aromatic heterocycles. The highest BCUT2D eigenvalue weighted by Crippen LogP contribution is 2.22. The SMILES string of the molecule is Cc1ccc(C)c(C(=O)c2cncc3ccccc23)c1. The number of carbonyl (C=O) groups excluding carboxylic acids is 1. The second-order valence-electron chi connectivity index (χ2n) is 5.06. The van der Waals surface area contributed by atoms with E-state index in [1.807, 2.05) is 56.3 Å². The summed E-state index contributed by atoms with van der Waals surface area (Å²) in [6.07, 6.45) is 3.45. The monoisotopic (exact) mass is 261 g/mol. The van der Waals surface area contributed by atoms with Gasteiger partial charge < -0.3 is 0 Å². The minimum atomic E-state index is 0.0375. The van der Waals surface area contributed by atoms with Crippen molar-refractivity contribution in [1.29, 1.82) is 0 Å². The Morgan fingerprint density at radius 3 is 2.60 bits per heavy atom. The van der Waals surface area contributed by atoms with Crippen molar-refractivity contribution < 1.29 is 4.79 Å². The molecule has 2 heteroatoms. The number of hydrogen-bond acceptors (Lipinski definition) is 2. The van der Waals surface area contributed by atoms with Gasteiger partial charge in [-0.25, -0.2) is 0 Å². The molecular weight excluding hydrogens is 246 g/mol. The number of ketones is 1. The summed E-state index contributed by atoms with van der Waals surface area (Å²) in [4.78, 5) is 17.0. The molecule has 3 rings (SSSR count). The van der Waals surface area contributed by atoms with E-state index < -0.39 is 0 Å². The second kappa shape index (κ2) is 4.89. The zero-order valence-corrected chi connectivity index (χ0v) is 11.6. The average molecular weight is 261 g/mol. The number of rotatable bonds is 2. The minimum Gasteiger partial charge on any atom is -0.289 e. The molecule has 1 heterocycles. The zero-order chi connectivity index (χ0) is 14.1. The lowest BCUT2D eigenvalue weighted by Crippen LogP contribution is -2.05. The number of carbonyl (C=O) groups is 1. The van der Waals surface area contributed by atoms with Crippen LogP contribution >= 0.6 is 0 Å². The van der Waals surface area contributed by atoms with Crippen LogP contribution < -0.4 is 0 Å². The third-order valence-electron chi connectivity index (χ3n) is 3.55. The fourth-order valence-electron chi connectivity index (χ4n) is 2.42. The van der Waals surface area contributed by atoms with Crippen LogP contribution in [0.5, 0.6) is 0 Å². The van der Waals surface area contributed by atoms with Crippen molar-refractivity contribution in [3.63, 3.8) is 0 Å². The van der Waals surface area contributed by atoms with Gasteiger partial charge in [0.25, 0.3) is 0 Å². The normalized spacial score (nSPS) is 10.7. The number of nitrogens with zero attached hydrogens (tertiary/aromatic N) is 1. The van der Waals surface area contributed by atoms with Gasteiger partial charge in [0.15, 0.2) is 5.78 Å². The predicted octanol–water partition coefficient (Wildman–Crippen LogP) is 4.08. The van der Waals surface area contributed by atoms with Crippen LogP contribution in [-0.2, 0) is 0 Å². The fraction of sp³-hybridized carbons (Fsp3) is 0.111. The van der Waals surface area contributed by atoms with Crippen molar-refractivity contribution in [2.45, 2.75) is 13.8 Å². The van der Waals surface area contributed by atoms with E-state index in [0.29, 0.717) is 5.56 Å². The fourth-order valence-corrected chi connectivity index (χ4v) is 2.42. The van der Waals surface area contributed by atoms with Gasteiger partial charge >= 0.3 is 0 Å². The predicted molar refractivity (Wildman–Crippen MR) is 81.1 cm³/mol. The van der Waals surface area contributed by atoms with Gasteiger partial charge in [-0.15, -0.1) is 0 Å². The first kappa shape index (κ1) is 12.5. The lowest BCUT2D eigenvalue weighted by Gasteiger charge is -2.08. The highest BCUT2D eigenvalue weighted by molar-refractivity contribution is 6.16. The third-order valence-corrected chi connectivity index (χ3v) is 3.55. The molecule has 0 aliphatic heterocycles. The first-order chi connectivity index (χ1) is 9.66. The van der Waals surface area contributed by atoms with Crippen LogP contribution in [0.3, 0.4) is 0 Å². The van der Waals surface area contributed by atoms with Gasteiger partial charge in [0.1, 0.15) is 0 Å². The molecule has 2 nitrogen and oxygen atoms in total. The van der Waals surface area contributed by atoms with Crippen LogP contribution in [0.15, 0.2) is 54.9 Å². The van der Waals surface area contributed by atoms with E-state index in [0.717, 1.165) is 27.5 Å². The van der Waals surface area contributed by atoms with Gasteiger partial charge in [-0.2, -0.15) is 0 Å². The largest absolute Gasteiger partial charge is 0.289 e. The number of aromatic nitrogens is 1. The Morgan fingerprint density at radius 2 is 1.75 bits per heavy atom. The molecule has 98 valence electrons. The van der Waals surface area contributed by atoms with E-state index >= 15 is 0 Å². The molecule has 0 amide bonds. The Morgan fingerprint density at radius 1 is 0.950 bits per heavy atom. The van der Waals surface area contributed by atoms with E-state index in [1.54, 1.807) is 12.4 Å². The summed E-state index contributed by atoms with van der Waals surface area (Å²) in [5, 5.41) is 1.94. The van der Waals surface area contributed by atoms with Gasteiger partial charge in [0.2, 0.25) is 0 Å². The summed E-state index contributed by atoms with van der Waals surface area (Å²) in [7, 11) is 0. The highest BCUT2D eigenvalue weighted by Gasteiger charge is 2.15. The number of aryl methyl sites for hydroxylation is 2. The zero-order valence-electron chi connectivity index (χ0n) is 11.6. The van der Waals surface area contributed by atoms with Crippen LogP contribution in [0.1, 0.15) is 27.0 Å². The first-order valence-electron chi connectivity index (χ1n) is 6.61. The Kier molecular flexibility index (Phi) is 3.07. The number of pyridine rings is 1. The number of hydrogen-bond donors (Lipinski definition) is 0. The van der Waals surface area contributed by atoms with Gasteiger partial charge in [0.05, 0.1) is 0 Å². The van der Waals surface area contributed by atoms with Crippen LogP contribution in [0, 0.1) is 13.8 Å². The van der Waals surface area contributed by atoms with Crippen LogP contribution in [0.25, 0.3) is 10.8 Å². The molecular formula is C18H15NO. The Labute approximate surface area is 118 Å². The molecule has 0 bridgehead atoms. The molecule has 0 saturated carbocycles. The van der Waals surface area contributed by atoms with Gasteiger partial charge in [-0.3, -0.25) is 9.78 Å². The number of fused-ring (bicyclic) bond motifs is 1. The maximum absolute atomic E-state index is 12.8. The summed E-state index contributed by atoms with van der Waals surface area (Å²) >= 11 is 0. The summed E-state index contributed by atoms with van der Waals surface area (Å²) in [6, 6.07) is 13.8. The van der Waals surface area contributed by atoms with Gasteiger partial charge in [-0.1, -0.05) is 42.0 Å². The summed E-state index contributed by atoms with van der Waals surface area (Å²) < 4.78 is 0. The lowest BCUT2D eigenvalue weighted by atomic mass is 9.95. The van der Waals surface area contributed by atoms with E-state index in [-0.39, 0.29) is 5.78 Å². The Bertz CT molecular complexity index is 800. The van der Waals surface area contributed by atoms with Gasteiger partial charge in [0, 0.05) is 28.9 Å². The Balaban J connectivity index is 2.20. The summed E-state index contributed by atoms with van der Waals surface area (Å²) in [5.41, 5.74) is 3.50. The molecule has 0 atom stereocenters. The molecule has 0 N–H and O–H groups in total. The smallest absolute Gasteiger partial charge is 0.195 e. The highest BCUT2D eigenvalue weighted by atomic mass is 16.1. The topological polar surface area (TPSA) is 30.0 Å². The summed E-state index contributed by atoms with van der Waals surface area (Å²) in [6.45, 7) is 3.96. The first-order valence-corrected chi connectivity index (χ1v) is 6.61. The van der Waals surface area contributed by atoms with E-state index in [9.17, 15) is 4.79 Å². The second-order valence-corrected chi connectivity index (χ2v) is 5.06. The molecule has 3 aromatic rings. The number of benzene rings is 2. The molecule has 0 radical (unpaired) electrons. The van der Waals surface area contributed by atoms with Crippen LogP contribution in [-0.4, -0.2) is 10.8 Å². The van der Waals surface area contributed by atoms with E-state index in [4.69, 9.17) is 0 Å². The molecule has 0 spiro atoms. The average Bonchev–Trinajstić information content (AvgIpc) is 2.48.